The van der Waals surface area contributed by atoms with Gasteiger partial charge in [0.25, 0.3) is 5.91 Å². The van der Waals surface area contributed by atoms with E-state index < -0.39 is 0 Å². The molecule has 1 aromatic heterocycles. The van der Waals surface area contributed by atoms with Gasteiger partial charge in [0.2, 0.25) is 0 Å². The fraction of sp³-hybridized carbons (Fsp3) is 0.737. The summed E-state index contributed by atoms with van der Waals surface area (Å²) in [5.41, 5.74) is 0.862. The van der Waals surface area contributed by atoms with Crippen LogP contribution in [0.2, 0.25) is 0 Å². The van der Waals surface area contributed by atoms with Crippen LogP contribution >= 0.6 is 0 Å². The molecule has 2 aliphatic rings. The van der Waals surface area contributed by atoms with Crippen LogP contribution in [0.1, 0.15) is 48.3 Å². The van der Waals surface area contributed by atoms with Crippen molar-refractivity contribution in [1.82, 2.24) is 19.8 Å². The van der Waals surface area contributed by atoms with Gasteiger partial charge >= 0.3 is 0 Å². The van der Waals surface area contributed by atoms with Crippen LogP contribution in [0, 0.1) is 12.3 Å². The van der Waals surface area contributed by atoms with Crippen molar-refractivity contribution in [3.05, 3.63) is 23.8 Å². The van der Waals surface area contributed by atoms with Gasteiger partial charge in [-0.25, -0.2) is 9.97 Å². The fourth-order valence-corrected chi connectivity index (χ4v) is 4.33. The van der Waals surface area contributed by atoms with E-state index in [0.29, 0.717) is 11.4 Å². The number of aryl methyl sites for hydroxylation is 1. The maximum absolute atomic E-state index is 12.8. The third-order valence-electron chi connectivity index (χ3n) is 5.54. The smallest absolute Gasteiger partial charge is 0.257 e. The highest BCUT2D eigenvalue weighted by Crippen LogP contribution is 2.38. The molecule has 1 spiro atoms. The van der Waals surface area contributed by atoms with E-state index in [0.717, 1.165) is 45.6 Å². The van der Waals surface area contributed by atoms with E-state index >= 15 is 0 Å². The van der Waals surface area contributed by atoms with Crippen LogP contribution in [0.25, 0.3) is 0 Å². The highest BCUT2D eigenvalue weighted by atomic mass is 16.5. The summed E-state index contributed by atoms with van der Waals surface area (Å²) >= 11 is 0. The molecule has 2 saturated heterocycles. The lowest BCUT2D eigenvalue weighted by atomic mass is 9.73. The number of nitrogens with zero attached hydrogens (tertiary/aromatic N) is 4. The van der Waals surface area contributed by atoms with Crippen LogP contribution in [0.3, 0.4) is 0 Å². The number of hydrogen-bond acceptors (Lipinski definition) is 5. The minimum atomic E-state index is 0.0792. The van der Waals surface area contributed by atoms with Gasteiger partial charge < -0.3 is 14.5 Å². The van der Waals surface area contributed by atoms with Gasteiger partial charge in [-0.3, -0.25) is 4.79 Å². The Bertz CT molecular complexity index is 573. The molecule has 0 saturated carbocycles. The molecule has 0 aliphatic carbocycles. The van der Waals surface area contributed by atoms with Gasteiger partial charge in [-0.2, -0.15) is 0 Å². The summed E-state index contributed by atoms with van der Waals surface area (Å²) in [5, 5.41) is 0. The molecule has 2 fully saturated rings. The molecule has 1 aromatic rings. The Hall–Kier alpha value is -1.53. The lowest BCUT2D eigenvalue weighted by molar-refractivity contribution is 0.0117. The molecule has 3 heterocycles. The van der Waals surface area contributed by atoms with Crippen LogP contribution < -0.4 is 0 Å². The Morgan fingerprint density at radius 2 is 1.92 bits per heavy atom. The maximum Gasteiger partial charge on any atom is 0.257 e. The summed E-state index contributed by atoms with van der Waals surface area (Å²) in [6, 6.07) is 0. The quantitative estimate of drug-likeness (QED) is 0.765. The number of carbonyl (C=O) groups excluding carboxylic acids is 1. The highest BCUT2D eigenvalue weighted by molar-refractivity contribution is 5.93. The molecule has 2 aliphatic heterocycles. The Balaban J connectivity index is 1.63. The third kappa shape index (κ3) is 4.55. The van der Waals surface area contributed by atoms with Crippen LogP contribution in [-0.4, -0.2) is 72.1 Å². The SMILES string of the molecule is COCCCN1CCCC2(CCCN(C(=O)c3cnc(C)nc3)C2)C1. The highest BCUT2D eigenvalue weighted by Gasteiger charge is 2.40. The molecule has 0 bridgehead atoms. The molecule has 1 amide bonds. The summed E-state index contributed by atoms with van der Waals surface area (Å²) in [5.74, 6) is 0.779. The number of ether oxygens (including phenoxy) is 1. The van der Waals surface area contributed by atoms with Crippen molar-refractivity contribution < 1.29 is 9.53 Å². The number of hydrogen-bond donors (Lipinski definition) is 0. The zero-order valence-corrected chi connectivity index (χ0v) is 15.5. The standard InChI is InChI=1S/C19H30N4O2/c1-16-20-12-17(13-21-16)18(24)23-10-4-7-19(15-23)6-3-8-22(14-19)9-5-11-25-2/h12-13H,3-11,14-15H2,1-2H3. The van der Waals surface area contributed by atoms with Gasteiger partial charge in [0.05, 0.1) is 5.56 Å². The summed E-state index contributed by atoms with van der Waals surface area (Å²) in [4.78, 5) is 25.8. The normalized spacial score (nSPS) is 24.6. The largest absolute Gasteiger partial charge is 0.385 e. The van der Waals surface area contributed by atoms with E-state index in [4.69, 9.17) is 4.74 Å². The molecule has 3 rings (SSSR count). The van der Waals surface area contributed by atoms with E-state index in [1.807, 2.05) is 11.8 Å². The topological polar surface area (TPSA) is 58.6 Å². The second kappa shape index (κ2) is 8.23. The van der Waals surface area contributed by atoms with Crippen molar-refractivity contribution in [1.29, 1.82) is 0 Å². The van der Waals surface area contributed by atoms with E-state index in [1.54, 1.807) is 19.5 Å². The van der Waals surface area contributed by atoms with Crippen molar-refractivity contribution in [3.63, 3.8) is 0 Å². The zero-order chi connectivity index (χ0) is 17.7. The molecule has 6 heteroatoms. The first kappa shape index (κ1) is 18.3. The minimum absolute atomic E-state index is 0.0792. The van der Waals surface area contributed by atoms with Crippen molar-refractivity contribution in [2.45, 2.75) is 39.0 Å². The molecule has 0 aromatic carbocycles. The average molecular weight is 346 g/mol. The summed E-state index contributed by atoms with van der Waals surface area (Å²) in [7, 11) is 1.76. The van der Waals surface area contributed by atoms with Crippen molar-refractivity contribution in [3.8, 4) is 0 Å². The van der Waals surface area contributed by atoms with E-state index in [-0.39, 0.29) is 11.3 Å². The number of aromatic nitrogens is 2. The molecule has 1 unspecified atom stereocenters. The summed E-state index contributed by atoms with van der Waals surface area (Å²) in [6.45, 7) is 7.73. The number of carbonyl (C=O) groups is 1. The molecule has 0 radical (unpaired) electrons. The van der Waals surface area contributed by atoms with Gasteiger partial charge in [-0.05, 0) is 45.6 Å². The van der Waals surface area contributed by atoms with Crippen LogP contribution in [0.4, 0.5) is 0 Å². The first-order valence-electron chi connectivity index (χ1n) is 9.41. The predicted molar refractivity (Wildman–Crippen MR) is 96.5 cm³/mol. The lowest BCUT2D eigenvalue weighted by Gasteiger charge is -2.48. The van der Waals surface area contributed by atoms with Gasteiger partial charge in [0.1, 0.15) is 5.82 Å². The molecule has 0 N–H and O–H groups in total. The Morgan fingerprint density at radius 3 is 2.64 bits per heavy atom. The Labute approximate surface area is 150 Å². The third-order valence-corrected chi connectivity index (χ3v) is 5.54. The fourth-order valence-electron chi connectivity index (χ4n) is 4.33. The molecule has 6 nitrogen and oxygen atoms in total. The monoisotopic (exact) mass is 346 g/mol. The number of piperidine rings is 2. The summed E-state index contributed by atoms with van der Waals surface area (Å²) < 4.78 is 5.18. The van der Waals surface area contributed by atoms with Crippen LogP contribution in [-0.2, 0) is 4.74 Å². The molecular formula is C19H30N4O2. The summed E-state index contributed by atoms with van der Waals surface area (Å²) in [6.07, 6.45) is 9.15. The van der Waals surface area contributed by atoms with Crippen molar-refractivity contribution in [2.24, 2.45) is 5.41 Å². The van der Waals surface area contributed by atoms with E-state index in [1.165, 1.54) is 25.8 Å². The number of rotatable bonds is 5. The minimum Gasteiger partial charge on any atom is -0.385 e. The molecule has 25 heavy (non-hydrogen) atoms. The molecule has 138 valence electrons. The van der Waals surface area contributed by atoms with Crippen LogP contribution in [0.15, 0.2) is 12.4 Å². The number of likely N-dealkylation sites (tertiary alicyclic amines) is 2. The number of amides is 1. The second-order valence-corrected chi connectivity index (χ2v) is 7.58. The Morgan fingerprint density at radius 1 is 1.20 bits per heavy atom. The number of methoxy groups -OCH3 is 1. The van der Waals surface area contributed by atoms with Crippen molar-refractivity contribution >= 4 is 5.91 Å². The average Bonchev–Trinajstić information content (AvgIpc) is 2.62. The molecular weight excluding hydrogens is 316 g/mol. The van der Waals surface area contributed by atoms with E-state index in [2.05, 4.69) is 14.9 Å². The van der Waals surface area contributed by atoms with Gasteiger partial charge in [-0.1, -0.05) is 0 Å². The van der Waals surface area contributed by atoms with E-state index in [9.17, 15) is 4.79 Å². The van der Waals surface area contributed by atoms with Crippen molar-refractivity contribution in [2.75, 3.05) is 46.4 Å². The lowest BCUT2D eigenvalue weighted by Crippen LogP contribution is -2.53. The second-order valence-electron chi connectivity index (χ2n) is 7.58. The first-order chi connectivity index (χ1) is 12.1. The van der Waals surface area contributed by atoms with Gasteiger partial charge in [0, 0.05) is 57.7 Å². The van der Waals surface area contributed by atoms with Gasteiger partial charge in [0.15, 0.2) is 0 Å². The maximum atomic E-state index is 12.8. The Kier molecular flexibility index (Phi) is 6.02. The first-order valence-corrected chi connectivity index (χ1v) is 9.41. The zero-order valence-electron chi connectivity index (χ0n) is 15.5. The predicted octanol–water partition coefficient (Wildman–Crippen LogP) is 2.14. The molecule has 1 atom stereocenters. The van der Waals surface area contributed by atoms with Crippen LogP contribution in [0.5, 0.6) is 0 Å². The van der Waals surface area contributed by atoms with Gasteiger partial charge in [-0.15, -0.1) is 0 Å².